The lowest BCUT2D eigenvalue weighted by Gasteiger charge is -2.30. The van der Waals surface area contributed by atoms with Gasteiger partial charge in [-0.25, -0.2) is 0 Å². The van der Waals surface area contributed by atoms with Crippen molar-refractivity contribution in [2.45, 2.75) is 35.3 Å². The summed E-state index contributed by atoms with van der Waals surface area (Å²) in [6, 6.07) is 11.3. The van der Waals surface area contributed by atoms with Crippen molar-refractivity contribution >= 4 is 39.3 Å². The van der Waals surface area contributed by atoms with Gasteiger partial charge in [0.25, 0.3) is 0 Å². The van der Waals surface area contributed by atoms with Gasteiger partial charge in [0.15, 0.2) is 0 Å². The number of rotatable bonds is 3. The van der Waals surface area contributed by atoms with Crippen LogP contribution in [0.5, 0.6) is 0 Å². The zero-order valence-electron chi connectivity index (χ0n) is 13.0. The maximum absolute atomic E-state index is 12.9. The van der Waals surface area contributed by atoms with E-state index in [-0.39, 0.29) is 11.4 Å². The molecule has 1 saturated heterocycles. The predicted octanol–water partition coefficient (Wildman–Crippen LogP) is 7.13. The zero-order chi connectivity index (χ0) is 18.0. The summed E-state index contributed by atoms with van der Waals surface area (Å²) in [5.41, 5.74) is 0.414. The Labute approximate surface area is 162 Å². The van der Waals surface area contributed by atoms with Crippen molar-refractivity contribution in [3.8, 4) is 0 Å². The van der Waals surface area contributed by atoms with E-state index >= 15 is 0 Å². The molecule has 1 aliphatic rings. The topological polar surface area (TPSA) is 9.23 Å². The lowest BCUT2D eigenvalue weighted by Crippen LogP contribution is -2.21. The van der Waals surface area contributed by atoms with E-state index in [2.05, 4.69) is 15.9 Å². The molecule has 1 aliphatic heterocycles. The van der Waals surface area contributed by atoms with Gasteiger partial charge in [-0.05, 0) is 64.7 Å². The highest BCUT2D eigenvalue weighted by atomic mass is 79.9. The Morgan fingerprint density at radius 3 is 2.52 bits per heavy atom. The van der Waals surface area contributed by atoms with Gasteiger partial charge in [0, 0.05) is 26.2 Å². The van der Waals surface area contributed by atoms with Gasteiger partial charge < -0.3 is 4.74 Å². The monoisotopic (exact) mass is 450 g/mol. The van der Waals surface area contributed by atoms with E-state index in [1.54, 1.807) is 0 Å². The van der Waals surface area contributed by atoms with Crippen LogP contribution in [0.1, 0.15) is 30.1 Å². The summed E-state index contributed by atoms with van der Waals surface area (Å²) in [4.78, 5) is 0.608. The van der Waals surface area contributed by atoms with E-state index < -0.39 is 11.7 Å². The molecule has 2 aromatic rings. The van der Waals surface area contributed by atoms with Crippen molar-refractivity contribution in [3.63, 3.8) is 0 Å². The van der Waals surface area contributed by atoms with Crippen LogP contribution < -0.4 is 0 Å². The number of thioether (sulfide) groups is 1. The maximum Gasteiger partial charge on any atom is 0.416 e. The molecule has 2 unspecified atom stereocenters. The molecule has 1 nitrogen and oxygen atoms in total. The first-order chi connectivity index (χ1) is 11.8. The van der Waals surface area contributed by atoms with Crippen LogP contribution in [0.2, 0.25) is 5.02 Å². The summed E-state index contributed by atoms with van der Waals surface area (Å²) in [6.45, 7) is 0.585. The number of hydrogen-bond donors (Lipinski definition) is 0. The molecule has 1 heterocycles. The van der Waals surface area contributed by atoms with E-state index in [0.717, 1.165) is 24.5 Å². The average molecular weight is 452 g/mol. The first-order valence-corrected chi connectivity index (χ1v) is 9.78. The molecule has 0 amide bonds. The summed E-state index contributed by atoms with van der Waals surface area (Å²) in [7, 11) is 0. The highest BCUT2D eigenvalue weighted by molar-refractivity contribution is 9.10. The van der Waals surface area contributed by atoms with Crippen molar-refractivity contribution in [1.29, 1.82) is 0 Å². The second kappa shape index (κ2) is 7.91. The van der Waals surface area contributed by atoms with Gasteiger partial charge in [-0.3, -0.25) is 0 Å². The Kier molecular flexibility index (Phi) is 6.03. The first-order valence-electron chi connectivity index (χ1n) is 7.73. The third-order valence-electron chi connectivity index (χ3n) is 4.03. The molecule has 134 valence electrons. The highest BCUT2D eigenvalue weighted by Gasteiger charge is 2.32. The first kappa shape index (κ1) is 19.1. The van der Waals surface area contributed by atoms with Crippen LogP contribution in [-0.4, -0.2) is 11.9 Å². The smallest absolute Gasteiger partial charge is 0.373 e. The maximum atomic E-state index is 12.9. The van der Waals surface area contributed by atoms with Crippen LogP contribution in [0.3, 0.4) is 0 Å². The third kappa shape index (κ3) is 4.94. The Balaban J connectivity index is 1.73. The molecule has 0 aliphatic carbocycles. The quantitative estimate of drug-likeness (QED) is 0.491. The number of hydrogen-bond acceptors (Lipinski definition) is 2. The molecule has 0 radical (unpaired) electrons. The van der Waals surface area contributed by atoms with Crippen LogP contribution in [-0.2, 0) is 10.9 Å². The van der Waals surface area contributed by atoms with Gasteiger partial charge in [-0.1, -0.05) is 23.7 Å². The number of benzene rings is 2. The van der Waals surface area contributed by atoms with Crippen LogP contribution in [0.15, 0.2) is 51.8 Å². The molecule has 1 fully saturated rings. The van der Waals surface area contributed by atoms with E-state index in [9.17, 15) is 13.2 Å². The number of alkyl halides is 3. The van der Waals surface area contributed by atoms with Gasteiger partial charge in [0.2, 0.25) is 0 Å². The molecular formula is C18H15BrClF3OS. The van der Waals surface area contributed by atoms with Crippen molar-refractivity contribution in [2.24, 2.45) is 0 Å². The number of ether oxygens (including phenoxy) is 1. The minimum atomic E-state index is -4.34. The number of halogens is 5. The molecule has 0 N–H and O–H groups in total. The minimum absolute atomic E-state index is 0.0620. The largest absolute Gasteiger partial charge is 0.416 e. The molecule has 3 rings (SSSR count). The molecule has 0 saturated carbocycles. The highest BCUT2D eigenvalue weighted by Crippen LogP contribution is 2.42. The summed E-state index contributed by atoms with van der Waals surface area (Å²) >= 11 is 10.7. The van der Waals surface area contributed by atoms with Crippen molar-refractivity contribution < 1.29 is 17.9 Å². The van der Waals surface area contributed by atoms with Gasteiger partial charge in [-0.2, -0.15) is 13.2 Å². The van der Waals surface area contributed by atoms with Gasteiger partial charge in [-0.15, -0.1) is 11.8 Å². The Morgan fingerprint density at radius 1 is 1.12 bits per heavy atom. The van der Waals surface area contributed by atoms with Crippen LogP contribution >= 0.6 is 39.3 Å². The van der Waals surface area contributed by atoms with E-state index in [1.165, 1.54) is 23.9 Å². The summed E-state index contributed by atoms with van der Waals surface area (Å²) in [5.74, 6) is 0. The molecular weight excluding hydrogens is 437 g/mol. The molecule has 7 heteroatoms. The van der Waals surface area contributed by atoms with E-state index in [1.807, 2.05) is 24.3 Å². The van der Waals surface area contributed by atoms with Gasteiger partial charge in [0.05, 0.1) is 11.7 Å². The summed E-state index contributed by atoms with van der Waals surface area (Å²) < 4.78 is 45.3. The fraction of sp³-hybridized carbons (Fsp3) is 0.333. The lowest BCUT2D eigenvalue weighted by atomic mass is 10.0. The third-order valence-corrected chi connectivity index (χ3v) is 6.59. The van der Waals surface area contributed by atoms with E-state index in [0.29, 0.717) is 21.0 Å². The fourth-order valence-corrected chi connectivity index (χ4v) is 4.61. The van der Waals surface area contributed by atoms with Crippen LogP contribution in [0.25, 0.3) is 0 Å². The van der Waals surface area contributed by atoms with Crippen LogP contribution in [0.4, 0.5) is 13.2 Å². The van der Waals surface area contributed by atoms with Crippen LogP contribution in [0, 0.1) is 0 Å². The summed E-state index contributed by atoms with van der Waals surface area (Å²) in [6.07, 6.45) is -2.85. The molecule has 0 spiro atoms. The Hall–Kier alpha value is -0.690. The Bertz CT molecular complexity index is 736. The molecule has 2 aromatic carbocycles. The van der Waals surface area contributed by atoms with Crippen molar-refractivity contribution in [1.82, 2.24) is 0 Å². The Morgan fingerprint density at radius 2 is 1.84 bits per heavy atom. The predicted molar refractivity (Wildman–Crippen MR) is 98.2 cm³/mol. The average Bonchev–Trinajstić information content (AvgIpc) is 2.57. The van der Waals surface area contributed by atoms with Crippen molar-refractivity contribution in [2.75, 3.05) is 6.61 Å². The van der Waals surface area contributed by atoms with E-state index in [4.69, 9.17) is 16.3 Å². The fourth-order valence-electron chi connectivity index (χ4n) is 2.73. The van der Waals surface area contributed by atoms with Crippen molar-refractivity contribution in [3.05, 3.63) is 63.1 Å². The normalized spacial score (nSPS) is 21.3. The standard InChI is InChI=1S/C18H15BrClF3OS/c19-15-6-3-12(18(21,22)23)9-17(15)25-14-7-8-24-16(10-14)11-1-4-13(20)5-2-11/h1-6,9,14,16H,7-8,10H2. The SMILES string of the molecule is FC(F)(F)c1ccc(Br)c(SC2CCOC(c3ccc(Cl)cc3)C2)c1. The second-order valence-electron chi connectivity index (χ2n) is 5.82. The molecule has 0 bridgehead atoms. The molecule has 25 heavy (non-hydrogen) atoms. The zero-order valence-corrected chi connectivity index (χ0v) is 16.2. The lowest BCUT2D eigenvalue weighted by molar-refractivity contribution is -0.137. The minimum Gasteiger partial charge on any atom is -0.373 e. The molecule has 0 aromatic heterocycles. The van der Waals surface area contributed by atoms with Gasteiger partial charge in [0.1, 0.15) is 0 Å². The van der Waals surface area contributed by atoms with Gasteiger partial charge >= 0.3 is 6.18 Å². The summed E-state index contributed by atoms with van der Waals surface area (Å²) in [5, 5.41) is 0.854. The second-order valence-corrected chi connectivity index (χ2v) is 8.45. The molecule has 2 atom stereocenters.